The smallest absolute Gasteiger partial charge is 0.309 e. The monoisotopic (exact) mass is 384 g/mol. The van der Waals surface area contributed by atoms with Gasteiger partial charge in [0.2, 0.25) is 0 Å². The van der Waals surface area contributed by atoms with Gasteiger partial charge in [0, 0.05) is 17.5 Å². The summed E-state index contributed by atoms with van der Waals surface area (Å²) in [6.07, 6.45) is 1.76. The van der Waals surface area contributed by atoms with E-state index in [2.05, 4.69) is 10.6 Å². The standard InChI is InChI=1S/C15H16N2O4S3/c18-14(15(19)17-10-5-6-10)16-9-12(11-3-1-7-22-11)24(20,21)13-4-2-8-23-13/h1-4,7-8,10,12H,5-6,9H2,(H,16,18)(H,17,19)/t12-/m0/s1. The van der Waals surface area contributed by atoms with E-state index in [1.165, 1.54) is 11.3 Å². The van der Waals surface area contributed by atoms with Crippen LogP contribution < -0.4 is 10.6 Å². The number of carbonyl (C=O) groups excluding carboxylic acids is 2. The van der Waals surface area contributed by atoms with Crippen LogP contribution in [0.2, 0.25) is 0 Å². The molecule has 2 aromatic heterocycles. The lowest BCUT2D eigenvalue weighted by atomic mass is 10.3. The summed E-state index contributed by atoms with van der Waals surface area (Å²) in [5.41, 5.74) is 0. The molecule has 2 aromatic rings. The SMILES string of the molecule is O=C(NC[C@@H](c1cccs1)S(=O)(=O)c1cccs1)C(=O)NC1CC1. The van der Waals surface area contributed by atoms with Crippen LogP contribution >= 0.6 is 22.7 Å². The Morgan fingerprint density at radius 1 is 1.12 bits per heavy atom. The summed E-state index contributed by atoms with van der Waals surface area (Å²) in [5, 5.41) is 7.61. The molecule has 9 heteroatoms. The molecule has 0 bridgehead atoms. The lowest BCUT2D eigenvalue weighted by Crippen LogP contribution is -2.42. The minimum atomic E-state index is -3.63. The third-order valence-electron chi connectivity index (χ3n) is 3.58. The third-order valence-corrected chi connectivity index (χ3v) is 8.23. The summed E-state index contributed by atoms with van der Waals surface area (Å²) in [6, 6.07) is 6.77. The number of nitrogens with one attached hydrogen (secondary N) is 2. The maximum absolute atomic E-state index is 12.8. The van der Waals surface area contributed by atoms with Gasteiger partial charge in [-0.05, 0) is 35.7 Å². The normalized spacial score (nSPS) is 15.7. The Labute approximate surface area is 147 Å². The fourth-order valence-electron chi connectivity index (χ4n) is 2.15. The molecular weight excluding hydrogens is 368 g/mol. The van der Waals surface area contributed by atoms with Crippen molar-refractivity contribution in [3.05, 3.63) is 39.9 Å². The second-order valence-corrected chi connectivity index (χ2v) is 9.72. The summed E-state index contributed by atoms with van der Waals surface area (Å²) >= 11 is 2.45. The molecule has 128 valence electrons. The number of sulfone groups is 1. The molecule has 3 rings (SSSR count). The molecule has 24 heavy (non-hydrogen) atoms. The third kappa shape index (κ3) is 3.85. The number of hydrogen-bond donors (Lipinski definition) is 2. The van der Waals surface area contributed by atoms with Gasteiger partial charge in [-0.1, -0.05) is 12.1 Å². The Morgan fingerprint density at radius 3 is 2.42 bits per heavy atom. The summed E-state index contributed by atoms with van der Waals surface area (Å²) in [6.45, 7) is -0.141. The maximum atomic E-state index is 12.8. The molecule has 1 aliphatic rings. The first kappa shape index (κ1) is 17.1. The van der Waals surface area contributed by atoms with Crippen molar-refractivity contribution in [3.8, 4) is 0 Å². The van der Waals surface area contributed by atoms with Gasteiger partial charge in [-0.15, -0.1) is 22.7 Å². The second kappa shape index (κ2) is 7.04. The van der Waals surface area contributed by atoms with E-state index >= 15 is 0 Å². The molecule has 1 saturated carbocycles. The minimum absolute atomic E-state index is 0.0752. The van der Waals surface area contributed by atoms with E-state index < -0.39 is 26.9 Å². The minimum Gasteiger partial charge on any atom is -0.346 e. The molecule has 2 amide bonds. The van der Waals surface area contributed by atoms with Gasteiger partial charge in [0.25, 0.3) is 0 Å². The fourth-order valence-corrected chi connectivity index (χ4v) is 6.14. The van der Waals surface area contributed by atoms with Crippen LogP contribution in [0.5, 0.6) is 0 Å². The van der Waals surface area contributed by atoms with E-state index in [1.807, 2.05) is 0 Å². The first-order valence-electron chi connectivity index (χ1n) is 7.38. The zero-order valence-corrected chi connectivity index (χ0v) is 15.0. The lowest BCUT2D eigenvalue weighted by Gasteiger charge is -2.16. The average Bonchev–Trinajstić information content (AvgIpc) is 3.03. The topological polar surface area (TPSA) is 92.3 Å². The van der Waals surface area contributed by atoms with Crippen LogP contribution in [0.25, 0.3) is 0 Å². The van der Waals surface area contributed by atoms with Crippen molar-refractivity contribution in [2.24, 2.45) is 0 Å². The van der Waals surface area contributed by atoms with Gasteiger partial charge in [0.05, 0.1) is 0 Å². The van der Waals surface area contributed by atoms with Crippen molar-refractivity contribution in [1.29, 1.82) is 0 Å². The molecule has 0 aliphatic heterocycles. The zero-order chi connectivity index (χ0) is 17.2. The van der Waals surface area contributed by atoms with Crippen molar-refractivity contribution >= 4 is 44.3 Å². The first-order chi connectivity index (χ1) is 11.5. The first-order valence-corrected chi connectivity index (χ1v) is 10.7. The molecule has 2 heterocycles. The number of hydrogen-bond acceptors (Lipinski definition) is 6. The van der Waals surface area contributed by atoms with Crippen LogP contribution in [0.4, 0.5) is 0 Å². The van der Waals surface area contributed by atoms with Gasteiger partial charge in [0.15, 0.2) is 9.84 Å². The van der Waals surface area contributed by atoms with Crippen LogP contribution in [-0.4, -0.2) is 32.8 Å². The Balaban J connectivity index is 1.74. The molecule has 0 saturated heterocycles. The Kier molecular flexibility index (Phi) is 5.02. The van der Waals surface area contributed by atoms with E-state index in [9.17, 15) is 18.0 Å². The highest BCUT2D eigenvalue weighted by Gasteiger charge is 2.32. The Bertz CT molecular complexity index is 809. The van der Waals surface area contributed by atoms with Gasteiger partial charge < -0.3 is 10.6 Å². The molecule has 1 aliphatic carbocycles. The molecule has 1 atom stereocenters. The Morgan fingerprint density at radius 2 is 1.83 bits per heavy atom. The predicted molar refractivity (Wildman–Crippen MR) is 92.7 cm³/mol. The van der Waals surface area contributed by atoms with Crippen LogP contribution in [0.1, 0.15) is 23.0 Å². The van der Waals surface area contributed by atoms with E-state index in [4.69, 9.17) is 0 Å². The molecule has 2 N–H and O–H groups in total. The molecular formula is C15H16N2O4S3. The molecule has 0 radical (unpaired) electrons. The highest BCUT2D eigenvalue weighted by Crippen LogP contribution is 2.33. The van der Waals surface area contributed by atoms with Crippen molar-refractivity contribution in [1.82, 2.24) is 10.6 Å². The number of thiophene rings is 2. The highest BCUT2D eigenvalue weighted by atomic mass is 32.2. The molecule has 0 unspecified atom stereocenters. The van der Waals surface area contributed by atoms with Crippen LogP contribution in [0, 0.1) is 0 Å². The number of rotatable bonds is 6. The summed E-state index contributed by atoms with van der Waals surface area (Å²) in [4.78, 5) is 24.2. The van der Waals surface area contributed by atoms with E-state index in [-0.39, 0.29) is 16.8 Å². The summed E-state index contributed by atoms with van der Waals surface area (Å²) in [7, 11) is -3.63. The van der Waals surface area contributed by atoms with E-state index in [0.717, 1.165) is 24.2 Å². The Hall–Kier alpha value is -1.71. The van der Waals surface area contributed by atoms with Crippen LogP contribution in [-0.2, 0) is 19.4 Å². The van der Waals surface area contributed by atoms with Crippen molar-refractivity contribution < 1.29 is 18.0 Å². The lowest BCUT2D eigenvalue weighted by molar-refractivity contribution is -0.139. The predicted octanol–water partition coefficient (Wildman–Crippen LogP) is 1.72. The molecule has 0 aromatic carbocycles. The number of carbonyl (C=O) groups is 2. The van der Waals surface area contributed by atoms with E-state index in [0.29, 0.717) is 4.88 Å². The van der Waals surface area contributed by atoms with Crippen molar-refractivity contribution in [2.45, 2.75) is 28.3 Å². The van der Waals surface area contributed by atoms with Crippen LogP contribution in [0.15, 0.2) is 39.2 Å². The van der Waals surface area contributed by atoms with Gasteiger partial charge in [-0.25, -0.2) is 8.42 Å². The average molecular weight is 385 g/mol. The summed E-state index contributed by atoms with van der Waals surface area (Å²) < 4.78 is 25.9. The van der Waals surface area contributed by atoms with Gasteiger partial charge in [-0.3, -0.25) is 9.59 Å². The zero-order valence-electron chi connectivity index (χ0n) is 12.6. The summed E-state index contributed by atoms with van der Waals surface area (Å²) in [5.74, 6) is -1.51. The quantitative estimate of drug-likeness (QED) is 0.742. The molecule has 6 nitrogen and oxygen atoms in total. The van der Waals surface area contributed by atoms with Gasteiger partial charge >= 0.3 is 11.8 Å². The number of amides is 2. The largest absolute Gasteiger partial charge is 0.346 e. The van der Waals surface area contributed by atoms with E-state index in [1.54, 1.807) is 35.0 Å². The maximum Gasteiger partial charge on any atom is 0.309 e. The van der Waals surface area contributed by atoms with Crippen molar-refractivity contribution in [3.63, 3.8) is 0 Å². The fraction of sp³-hybridized carbons (Fsp3) is 0.333. The molecule has 0 spiro atoms. The highest BCUT2D eigenvalue weighted by molar-refractivity contribution is 7.93. The van der Waals surface area contributed by atoms with Gasteiger partial charge in [-0.2, -0.15) is 0 Å². The second-order valence-electron chi connectivity index (χ2n) is 5.44. The van der Waals surface area contributed by atoms with Gasteiger partial charge in [0.1, 0.15) is 9.46 Å². The van der Waals surface area contributed by atoms with Crippen LogP contribution in [0.3, 0.4) is 0 Å². The molecule has 1 fully saturated rings. The van der Waals surface area contributed by atoms with Crippen molar-refractivity contribution in [2.75, 3.05) is 6.54 Å².